The summed E-state index contributed by atoms with van der Waals surface area (Å²) in [6.07, 6.45) is 7.60. The van der Waals surface area contributed by atoms with Gasteiger partial charge in [-0.15, -0.1) is 0 Å². The second-order valence-corrected chi connectivity index (χ2v) is 10.7. The molecule has 1 aliphatic rings. The lowest BCUT2D eigenvalue weighted by Gasteiger charge is -2.20. The molecule has 41 heavy (non-hydrogen) atoms. The van der Waals surface area contributed by atoms with Gasteiger partial charge in [0.1, 0.15) is 5.57 Å². The second kappa shape index (κ2) is 22.0. The molecule has 1 fully saturated rings. The van der Waals surface area contributed by atoms with Crippen LogP contribution in [0.3, 0.4) is 0 Å². The van der Waals surface area contributed by atoms with E-state index in [1.54, 1.807) is 24.8 Å². The van der Waals surface area contributed by atoms with Crippen molar-refractivity contribution in [2.45, 2.75) is 125 Å². The standard InChI is InChI=1S/C26H43F3N6O.C5H12/c1-5-12-21(13-6-2)34-20(4)23(7-3)32-18-22(26(27,28)29)25(33-19-30)31-15-11-17-35-16-10-8-9-14-24(35)36;1-4-5(2)3/h7,18-19,21,32H,5-6,8-17H2,1-4H3,(H2,30,31,33);5H,4H2,1-3H3/b22-18+,23-7+,34-20?;. The van der Waals surface area contributed by atoms with Crippen LogP contribution in [-0.4, -0.2) is 60.5 Å². The summed E-state index contributed by atoms with van der Waals surface area (Å²) in [7, 11) is 0. The number of rotatable bonds is 14. The molecule has 236 valence electrons. The summed E-state index contributed by atoms with van der Waals surface area (Å²) < 4.78 is 41.8. The van der Waals surface area contributed by atoms with Gasteiger partial charge in [0, 0.05) is 32.3 Å². The van der Waals surface area contributed by atoms with Gasteiger partial charge in [0.2, 0.25) is 5.91 Å². The zero-order valence-electron chi connectivity index (χ0n) is 26.5. The number of allylic oxidation sites excluding steroid dienone is 2. The Balaban J connectivity index is 0.00000292. The molecule has 0 atom stereocenters. The summed E-state index contributed by atoms with van der Waals surface area (Å²) in [5.41, 5.74) is 5.45. The summed E-state index contributed by atoms with van der Waals surface area (Å²) in [6.45, 7) is 15.6. The fraction of sp³-hybridized carbons (Fsp3) is 0.742. The number of nitrogens with one attached hydrogen (secondary N) is 1. The van der Waals surface area contributed by atoms with Crippen LogP contribution in [0.1, 0.15) is 113 Å². The van der Waals surface area contributed by atoms with Crippen LogP contribution in [-0.2, 0) is 4.79 Å². The van der Waals surface area contributed by atoms with Gasteiger partial charge in [-0.05, 0) is 51.9 Å². The van der Waals surface area contributed by atoms with E-state index in [1.807, 2.05) is 0 Å². The summed E-state index contributed by atoms with van der Waals surface area (Å²) in [6, 6.07) is 0.137. The highest BCUT2D eigenvalue weighted by Crippen LogP contribution is 2.27. The molecule has 0 bridgehead atoms. The van der Waals surface area contributed by atoms with Crippen molar-refractivity contribution in [3.05, 3.63) is 23.5 Å². The third-order valence-electron chi connectivity index (χ3n) is 6.75. The minimum atomic E-state index is -4.70. The van der Waals surface area contributed by atoms with E-state index in [1.165, 1.54) is 6.42 Å². The Bertz CT molecular complexity index is 885. The number of nitrogens with two attached hydrogens (primary N) is 1. The lowest BCUT2D eigenvalue weighted by Crippen LogP contribution is -2.31. The zero-order chi connectivity index (χ0) is 31.3. The van der Waals surface area contributed by atoms with E-state index in [0.29, 0.717) is 37.3 Å². The first-order valence-electron chi connectivity index (χ1n) is 15.3. The number of alkyl halides is 3. The fourth-order valence-electron chi connectivity index (χ4n) is 4.09. The topological polar surface area (TPSA) is 95.4 Å². The molecule has 3 N–H and O–H groups in total. The van der Waals surface area contributed by atoms with Crippen LogP contribution in [0.5, 0.6) is 0 Å². The van der Waals surface area contributed by atoms with Crippen LogP contribution in [0, 0.1) is 5.92 Å². The molecule has 1 heterocycles. The Labute approximate surface area is 246 Å². The Hall–Kier alpha value is -2.65. The van der Waals surface area contributed by atoms with Crippen LogP contribution in [0.25, 0.3) is 0 Å². The van der Waals surface area contributed by atoms with Gasteiger partial charge >= 0.3 is 6.18 Å². The van der Waals surface area contributed by atoms with E-state index < -0.39 is 17.6 Å². The molecule has 0 aromatic carbocycles. The first-order valence-corrected chi connectivity index (χ1v) is 15.3. The van der Waals surface area contributed by atoms with Crippen molar-refractivity contribution in [1.82, 2.24) is 10.2 Å². The number of likely N-dealkylation sites (tertiary alicyclic amines) is 1. The van der Waals surface area contributed by atoms with Gasteiger partial charge < -0.3 is 16.0 Å². The Kier molecular flexibility index (Phi) is 20.6. The monoisotopic (exact) mass is 584 g/mol. The number of nitrogens with zero attached hydrogens (tertiary/aromatic N) is 4. The molecule has 0 aliphatic carbocycles. The first-order chi connectivity index (χ1) is 19.4. The summed E-state index contributed by atoms with van der Waals surface area (Å²) >= 11 is 0. The average molecular weight is 585 g/mol. The van der Waals surface area contributed by atoms with Gasteiger partial charge in [-0.25, -0.2) is 4.99 Å². The van der Waals surface area contributed by atoms with Gasteiger partial charge in [0.25, 0.3) is 0 Å². The third-order valence-corrected chi connectivity index (χ3v) is 6.75. The Morgan fingerprint density at radius 1 is 1.12 bits per heavy atom. The van der Waals surface area contributed by atoms with Gasteiger partial charge in [0.05, 0.1) is 23.8 Å². The molecule has 0 saturated carbocycles. The molecule has 1 saturated heterocycles. The van der Waals surface area contributed by atoms with Crippen molar-refractivity contribution < 1.29 is 18.0 Å². The number of aliphatic imine (C=N–C) groups is 3. The van der Waals surface area contributed by atoms with Crippen molar-refractivity contribution in [3.63, 3.8) is 0 Å². The number of carbonyl (C=O) groups is 1. The molecular formula is C31H55F3N6O. The quantitative estimate of drug-likeness (QED) is 0.125. The highest BCUT2D eigenvalue weighted by atomic mass is 19.4. The second-order valence-electron chi connectivity index (χ2n) is 10.7. The van der Waals surface area contributed by atoms with Crippen molar-refractivity contribution in [2.24, 2.45) is 26.6 Å². The molecule has 0 aromatic rings. The zero-order valence-corrected chi connectivity index (χ0v) is 26.5. The molecular weight excluding hydrogens is 529 g/mol. The smallest absolute Gasteiger partial charge is 0.390 e. The Morgan fingerprint density at radius 3 is 2.27 bits per heavy atom. The maximum atomic E-state index is 13.9. The number of amidine groups is 1. The van der Waals surface area contributed by atoms with E-state index >= 15 is 0 Å². The number of carbonyl (C=O) groups excluding carboxylic acids is 1. The first kappa shape index (κ1) is 38.4. The van der Waals surface area contributed by atoms with Crippen LogP contribution in [0.2, 0.25) is 0 Å². The number of amides is 1. The predicted molar refractivity (Wildman–Crippen MR) is 168 cm³/mol. The minimum absolute atomic E-state index is 0.0905. The molecule has 0 unspecified atom stereocenters. The van der Waals surface area contributed by atoms with E-state index in [2.05, 4.69) is 49.9 Å². The summed E-state index contributed by atoms with van der Waals surface area (Å²) in [5.74, 6) is 0.474. The van der Waals surface area contributed by atoms with Crippen molar-refractivity contribution in [3.8, 4) is 0 Å². The lowest BCUT2D eigenvalue weighted by molar-refractivity contribution is -0.130. The number of halogens is 3. The van der Waals surface area contributed by atoms with E-state index in [-0.39, 0.29) is 18.5 Å². The highest BCUT2D eigenvalue weighted by molar-refractivity contribution is 6.03. The number of hydrogen-bond donors (Lipinski definition) is 2. The largest absolute Gasteiger partial charge is 0.421 e. The predicted octanol–water partition coefficient (Wildman–Crippen LogP) is 7.59. The van der Waals surface area contributed by atoms with E-state index in [0.717, 1.165) is 63.4 Å². The maximum Gasteiger partial charge on any atom is 0.421 e. The molecule has 7 nitrogen and oxygen atoms in total. The maximum absolute atomic E-state index is 13.9. The van der Waals surface area contributed by atoms with Gasteiger partial charge in [-0.1, -0.05) is 66.4 Å². The minimum Gasteiger partial charge on any atom is -0.390 e. The number of hydrogen-bond acceptors (Lipinski definition) is 4. The van der Waals surface area contributed by atoms with Crippen LogP contribution >= 0.6 is 0 Å². The van der Waals surface area contributed by atoms with Crippen LogP contribution in [0.4, 0.5) is 13.2 Å². The highest BCUT2D eigenvalue weighted by Gasteiger charge is 2.37. The summed E-state index contributed by atoms with van der Waals surface area (Å²) in [4.78, 5) is 26.4. The van der Waals surface area contributed by atoms with Crippen LogP contribution in [0.15, 0.2) is 38.5 Å². The lowest BCUT2D eigenvalue weighted by atomic mass is 10.1. The summed E-state index contributed by atoms with van der Waals surface area (Å²) in [5, 5.41) is 2.76. The molecule has 1 amide bonds. The van der Waals surface area contributed by atoms with Crippen molar-refractivity contribution in [2.75, 3.05) is 19.6 Å². The molecule has 1 rings (SSSR count). The van der Waals surface area contributed by atoms with Gasteiger partial charge in [0.15, 0.2) is 5.84 Å². The molecule has 0 radical (unpaired) electrons. The normalized spacial score (nSPS) is 16.4. The Morgan fingerprint density at radius 2 is 1.76 bits per heavy atom. The third kappa shape index (κ3) is 17.0. The molecule has 0 aromatic heterocycles. The van der Waals surface area contributed by atoms with Gasteiger partial charge in [-0.2, -0.15) is 13.2 Å². The van der Waals surface area contributed by atoms with Crippen LogP contribution < -0.4 is 11.1 Å². The van der Waals surface area contributed by atoms with E-state index in [4.69, 9.17) is 10.7 Å². The SMILES string of the molecule is C/C=C(/N/C=C(\C(N=CN)=NCCCN1CCCCCC1=O)C(F)(F)F)C(C)=NC(CCC)CCC.CCC(C)C. The average Bonchev–Trinajstić information content (AvgIpc) is 3.12. The molecule has 0 spiro atoms. The molecule has 1 aliphatic heterocycles. The molecule has 10 heteroatoms. The van der Waals surface area contributed by atoms with Crippen molar-refractivity contribution >= 4 is 23.8 Å². The van der Waals surface area contributed by atoms with E-state index in [9.17, 15) is 18.0 Å². The fourth-order valence-corrected chi connectivity index (χ4v) is 4.09. The van der Waals surface area contributed by atoms with Crippen molar-refractivity contribution in [1.29, 1.82) is 0 Å². The van der Waals surface area contributed by atoms with Gasteiger partial charge in [-0.3, -0.25) is 14.8 Å².